The Labute approximate surface area is 173 Å². The van der Waals surface area contributed by atoms with E-state index in [0.29, 0.717) is 11.8 Å². The van der Waals surface area contributed by atoms with Crippen LogP contribution in [0.3, 0.4) is 0 Å². The molecule has 0 radical (unpaired) electrons. The molecule has 0 aromatic heterocycles. The van der Waals surface area contributed by atoms with Crippen molar-refractivity contribution >= 4 is 0 Å². The van der Waals surface area contributed by atoms with Crippen molar-refractivity contribution in [2.24, 2.45) is 17.8 Å². The van der Waals surface area contributed by atoms with Gasteiger partial charge in [-0.2, -0.15) is 0 Å². The highest BCUT2D eigenvalue weighted by Gasteiger charge is 2.30. The molecular formula is C25H41N3. The third kappa shape index (κ3) is 5.31. The van der Waals surface area contributed by atoms with Crippen molar-refractivity contribution in [2.45, 2.75) is 51.9 Å². The van der Waals surface area contributed by atoms with Gasteiger partial charge in [0.25, 0.3) is 0 Å². The van der Waals surface area contributed by atoms with E-state index < -0.39 is 0 Å². The third-order valence-corrected chi connectivity index (χ3v) is 7.24. The molecule has 0 aliphatic carbocycles. The molecule has 3 rings (SSSR count). The quantitative estimate of drug-likeness (QED) is 0.627. The van der Waals surface area contributed by atoms with Crippen LogP contribution in [-0.4, -0.2) is 49.1 Å². The number of nitrogens with zero attached hydrogens (tertiary/aromatic N) is 2. The summed E-state index contributed by atoms with van der Waals surface area (Å²) in [5.41, 5.74) is 5.25. The van der Waals surface area contributed by atoms with E-state index in [-0.39, 0.29) is 0 Å². The Balaban J connectivity index is 1.50. The summed E-state index contributed by atoms with van der Waals surface area (Å²) >= 11 is 0. The van der Waals surface area contributed by atoms with Gasteiger partial charge in [0.05, 0.1) is 0 Å². The lowest BCUT2D eigenvalue weighted by atomic mass is 9.86. The number of hydrogen-bond donors (Lipinski definition) is 1. The first-order valence-corrected chi connectivity index (χ1v) is 11.4. The second-order valence-corrected chi connectivity index (χ2v) is 9.33. The Bertz CT molecular complexity index is 599. The van der Waals surface area contributed by atoms with Crippen molar-refractivity contribution in [2.75, 3.05) is 39.3 Å². The van der Waals surface area contributed by atoms with Gasteiger partial charge in [0.1, 0.15) is 0 Å². The summed E-state index contributed by atoms with van der Waals surface area (Å²) in [6, 6.07) is 0. The van der Waals surface area contributed by atoms with Gasteiger partial charge in [-0.05, 0) is 70.9 Å². The maximum Gasteiger partial charge on any atom is 0.0277 e. The summed E-state index contributed by atoms with van der Waals surface area (Å²) in [7, 11) is 0. The van der Waals surface area contributed by atoms with Crippen LogP contribution >= 0.6 is 0 Å². The Morgan fingerprint density at radius 3 is 2.50 bits per heavy atom. The molecule has 3 aliphatic rings. The van der Waals surface area contributed by atoms with Gasteiger partial charge in [-0.15, -0.1) is 0 Å². The smallest absolute Gasteiger partial charge is 0.0277 e. The van der Waals surface area contributed by atoms with Crippen LogP contribution in [0.15, 0.2) is 48.9 Å². The molecule has 0 aromatic carbocycles. The summed E-state index contributed by atoms with van der Waals surface area (Å²) in [6.45, 7) is 26.3. The van der Waals surface area contributed by atoms with Gasteiger partial charge in [-0.3, -0.25) is 0 Å². The highest BCUT2D eigenvalue weighted by Crippen LogP contribution is 2.33. The van der Waals surface area contributed by atoms with Crippen LogP contribution in [0.25, 0.3) is 0 Å². The van der Waals surface area contributed by atoms with Crippen LogP contribution in [-0.2, 0) is 0 Å². The first-order chi connectivity index (χ1) is 13.5. The fourth-order valence-corrected chi connectivity index (χ4v) is 5.15. The minimum absolute atomic E-state index is 0.421. The maximum atomic E-state index is 4.54. The van der Waals surface area contributed by atoms with Crippen molar-refractivity contribution < 1.29 is 0 Å². The van der Waals surface area contributed by atoms with Gasteiger partial charge in [-0.25, -0.2) is 0 Å². The molecule has 0 spiro atoms. The maximum absolute atomic E-state index is 4.54. The van der Waals surface area contributed by atoms with E-state index >= 15 is 0 Å². The van der Waals surface area contributed by atoms with Crippen molar-refractivity contribution in [1.29, 1.82) is 0 Å². The molecule has 156 valence electrons. The molecule has 3 heteroatoms. The van der Waals surface area contributed by atoms with Gasteiger partial charge in [-0.1, -0.05) is 37.5 Å². The van der Waals surface area contributed by atoms with Crippen LogP contribution in [0, 0.1) is 17.8 Å². The summed E-state index contributed by atoms with van der Waals surface area (Å²) in [4.78, 5) is 5.07. The van der Waals surface area contributed by atoms with Crippen molar-refractivity contribution in [3.8, 4) is 0 Å². The lowest BCUT2D eigenvalue weighted by Crippen LogP contribution is -2.42. The second-order valence-electron chi connectivity index (χ2n) is 9.33. The molecule has 0 saturated carbocycles. The Hall–Kier alpha value is -1.48. The van der Waals surface area contributed by atoms with E-state index in [4.69, 9.17) is 0 Å². The largest absolute Gasteiger partial charge is 0.375 e. The van der Waals surface area contributed by atoms with Crippen molar-refractivity contribution in [3.05, 3.63) is 48.9 Å². The molecule has 3 aliphatic heterocycles. The number of nitrogens with one attached hydrogen (secondary N) is 1. The highest BCUT2D eigenvalue weighted by molar-refractivity contribution is 5.20. The van der Waals surface area contributed by atoms with Crippen molar-refractivity contribution in [1.82, 2.24) is 15.1 Å². The molecule has 3 heterocycles. The number of piperidine rings is 3. The van der Waals surface area contributed by atoms with Gasteiger partial charge in [0, 0.05) is 49.4 Å². The second kappa shape index (κ2) is 9.82. The molecular weight excluding hydrogens is 342 g/mol. The molecule has 2 atom stereocenters. The summed E-state index contributed by atoms with van der Waals surface area (Å²) in [5, 5.41) is 3.47. The van der Waals surface area contributed by atoms with E-state index in [0.717, 1.165) is 38.4 Å². The van der Waals surface area contributed by atoms with E-state index in [2.05, 4.69) is 48.4 Å². The van der Waals surface area contributed by atoms with E-state index in [1.165, 1.54) is 74.3 Å². The zero-order valence-corrected chi connectivity index (χ0v) is 18.1. The average molecular weight is 384 g/mol. The fraction of sp³-hybridized carbons (Fsp3) is 0.680. The highest BCUT2D eigenvalue weighted by atomic mass is 15.2. The number of hydrogen-bond acceptors (Lipinski definition) is 3. The summed E-state index contributed by atoms with van der Waals surface area (Å²) < 4.78 is 0. The predicted octanol–water partition coefficient (Wildman–Crippen LogP) is 4.96. The number of rotatable bonds is 7. The van der Waals surface area contributed by atoms with E-state index in [9.17, 15) is 0 Å². The van der Waals surface area contributed by atoms with Crippen LogP contribution in [0.4, 0.5) is 0 Å². The third-order valence-electron chi connectivity index (χ3n) is 7.24. The lowest BCUT2D eigenvalue weighted by Gasteiger charge is -2.43. The van der Waals surface area contributed by atoms with Gasteiger partial charge >= 0.3 is 0 Å². The fourth-order valence-electron chi connectivity index (χ4n) is 5.15. The monoisotopic (exact) mass is 383 g/mol. The molecule has 3 nitrogen and oxygen atoms in total. The SMILES string of the molecule is C=C(C)C1CN(C(=C)C2CCCN(C(=C)CCC3CCNCC3)C2)CCC1=C. The van der Waals surface area contributed by atoms with Gasteiger partial charge < -0.3 is 15.1 Å². The van der Waals surface area contributed by atoms with E-state index in [1.807, 2.05) is 0 Å². The molecule has 3 fully saturated rings. The van der Waals surface area contributed by atoms with Crippen molar-refractivity contribution in [3.63, 3.8) is 0 Å². The van der Waals surface area contributed by atoms with Gasteiger partial charge in [0.15, 0.2) is 0 Å². The van der Waals surface area contributed by atoms with Crippen LogP contribution < -0.4 is 5.32 Å². The van der Waals surface area contributed by atoms with Crippen LogP contribution in [0.1, 0.15) is 51.9 Å². The van der Waals surface area contributed by atoms with Crippen LogP contribution in [0.2, 0.25) is 0 Å². The number of allylic oxidation sites excluding steroid dienone is 1. The van der Waals surface area contributed by atoms with Gasteiger partial charge in [0.2, 0.25) is 0 Å². The first kappa shape index (κ1) is 21.2. The molecule has 0 bridgehead atoms. The predicted molar refractivity (Wildman–Crippen MR) is 121 cm³/mol. The zero-order valence-electron chi connectivity index (χ0n) is 18.1. The molecule has 1 N–H and O–H groups in total. The number of likely N-dealkylation sites (tertiary alicyclic amines) is 2. The normalized spacial score (nSPS) is 27.0. The van der Waals surface area contributed by atoms with E-state index in [1.54, 1.807) is 0 Å². The first-order valence-electron chi connectivity index (χ1n) is 11.4. The Morgan fingerprint density at radius 1 is 1.04 bits per heavy atom. The minimum Gasteiger partial charge on any atom is -0.375 e. The Kier molecular flexibility index (Phi) is 7.45. The molecule has 0 amide bonds. The molecule has 0 aromatic rings. The Morgan fingerprint density at radius 2 is 1.79 bits per heavy atom. The summed E-state index contributed by atoms with van der Waals surface area (Å²) in [5.74, 6) is 1.86. The lowest BCUT2D eigenvalue weighted by molar-refractivity contribution is 0.182. The van der Waals surface area contributed by atoms with Crippen LogP contribution in [0.5, 0.6) is 0 Å². The molecule has 28 heavy (non-hydrogen) atoms. The standard InChI is InChI=1S/C25H41N3/c1-19(2)25-18-28(16-12-20(25)3)22(5)24-7-6-15-27(17-24)21(4)8-9-23-10-13-26-14-11-23/h23-26H,1,3-18H2,2H3. The minimum atomic E-state index is 0.421. The molecule has 2 unspecified atom stereocenters. The summed E-state index contributed by atoms with van der Waals surface area (Å²) in [6.07, 6.45) is 8.69. The average Bonchev–Trinajstić information content (AvgIpc) is 2.72. The zero-order chi connectivity index (χ0) is 20.1. The molecule has 3 saturated heterocycles. The topological polar surface area (TPSA) is 18.5 Å².